The fourth-order valence-corrected chi connectivity index (χ4v) is 3.57. The predicted octanol–water partition coefficient (Wildman–Crippen LogP) is 1.91. The number of aromatic nitrogens is 4. The number of morpholine rings is 1. The Morgan fingerprint density at radius 3 is 2.75 bits per heavy atom. The van der Waals surface area contributed by atoms with Gasteiger partial charge >= 0.3 is 0 Å². The van der Waals surface area contributed by atoms with Crippen LogP contribution in [0, 0.1) is 0 Å². The highest BCUT2D eigenvalue weighted by molar-refractivity contribution is 5.62. The Bertz CT molecular complexity index is 687. The quantitative estimate of drug-likeness (QED) is 0.816. The Morgan fingerprint density at radius 2 is 2.00 bits per heavy atom. The zero-order chi connectivity index (χ0) is 16.5. The lowest BCUT2D eigenvalue weighted by atomic mass is 10.2. The van der Waals surface area contributed by atoms with Gasteiger partial charge in [-0.1, -0.05) is 0 Å². The van der Waals surface area contributed by atoms with Crippen LogP contribution in [-0.4, -0.2) is 62.9 Å². The number of ether oxygens (including phenoxy) is 1. The molecular formula is C17H26N6O. The first-order valence-corrected chi connectivity index (χ1v) is 9.02. The van der Waals surface area contributed by atoms with Crippen LogP contribution in [0.1, 0.15) is 44.9 Å². The standard InChI is InChI=1S/C17H26N6O/c1-12-10-22(11-13(2)24-12)8-3-6-18-15-17-21-20-16(14-4-5-14)23(17)9-7-19-15/h7,9,12-14H,3-6,8,10-11H2,1-2H3,(H,18,19). The highest BCUT2D eigenvalue weighted by atomic mass is 16.5. The van der Waals surface area contributed by atoms with Gasteiger partial charge in [0.15, 0.2) is 5.82 Å². The van der Waals surface area contributed by atoms with Gasteiger partial charge in [0.1, 0.15) is 5.82 Å². The molecule has 0 amide bonds. The summed E-state index contributed by atoms with van der Waals surface area (Å²) in [6, 6.07) is 0. The average molecular weight is 330 g/mol. The number of rotatable bonds is 6. The highest BCUT2D eigenvalue weighted by Gasteiger charge is 2.29. The summed E-state index contributed by atoms with van der Waals surface area (Å²) in [6.45, 7) is 8.30. The minimum Gasteiger partial charge on any atom is -0.373 e. The summed E-state index contributed by atoms with van der Waals surface area (Å²) in [5, 5.41) is 12.1. The third kappa shape index (κ3) is 3.37. The van der Waals surface area contributed by atoms with E-state index in [1.165, 1.54) is 12.8 Å². The van der Waals surface area contributed by atoms with Crippen LogP contribution < -0.4 is 5.32 Å². The molecule has 1 saturated heterocycles. The zero-order valence-electron chi connectivity index (χ0n) is 14.5. The largest absolute Gasteiger partial charge is 0.373 e. The van der Waals surface area contributed by atoms with Gasteiger partial charge < -0.3 is 10.1 Å². The smallest absolute Gasteiger partial charge is 0.203 e. The van der Waals surface area contributed by atoms with Crippen molar-refractivity contribution in [3.63, 3.8) is 0 Å². The van der Waals surface area contributed by atoms with E-state index in [9.17, 15) is 0 Å². The van der Waals surface area contributed by atoms with Crippen LogP contribution in [0.25, 0.3) is 5.65 Å². The van der Waals surface area contributed by atoms with Gasteiger partial charge in [-0.05, 0) is 33.1 Å². The number of fused-ring (bicyclic) bond motifs is 1. The maximum absolute atomic E-state index is 5.78. The monoisotopic (exact) mass is 330 g/mol. The maximum Gasteiger partial charge on any atom is 0.203 e. The molecule has 2 fully saturated rings. The van der Waals surface area contributed by atoms with Crippen molar-refractivity contribution in [2.75, 3.05) is 31.5 Å². The summed E-state index contributed by atoms with van der Waals surface area (Å²) in [5.41, 5.74) is 0.841. The fourth-order valence-electron chi connectivity index (χ4n) is 3.57. The lowest BCUT2D eigenvalue weighted by Gasteiger charge is -2.35. The highest BCUT2D eigenvalue weighted by Crippen LogP contribution is 2.39. The molecule has 1 saturated carbocycles. The second-order valence-corrected chi connectivity index (χ2v) is 7.10. The molecule has 2 atom stereocenters. The van der Waals surface area contributed by atoms with Gasteiger partial charge in [-0.15, -0.1) is 10.2 Å². The summed E-state index contributed by atoms with van der Waals surface area (Å²) >= 11 is 0. The molecule has 2 aliphatic rings. The third-order valence-corrected chi connectivity index (χ3v) is 4.73. The third-order valence-electron chi connectivity index (χ3n) is 4.73. The Labute approximate surface area is 142 Å². The first-order valence-electron chi connectivity index (χ1n) is 9.02. The maximum atomic E-state index is 5.78. The van der Waals surface area contributed by atoms with Crippen molar-refractivity contribution in [3.05, 3.63) is 18.2 Å². The van der Waals surface area contributed by atoms with Crippen molar-refractivity contribution in [1.29, 1.82) is 0 Å². The van der Waals surface area contributed by atoms with E-state index >= 15 is 0 Å². The van der Waals surface area contributed by atoms with Crippen molar-refractivity contribution < 1.29 is 4.74 Å². The lowest BCUT2D eigenvalue weighted by Crippen LogP contribution is -2.45. The van der Waals surface area contributed by atoms with Crippen molar-refractivity contribution in [3.8, 4) is 0 Å². The topological polar surface area (TPSA) is 67.6 Å². The van der Waals surface area contributed by atoms with Crippen LogP contribution >= 0.6 is 0 Å². The summed E-state index contributed by atoms with van der Waals surface area (Å²) in [5.74, 6) is 2.49. The number of hydrogen-bond donors (Lipinski definition) is 1. The van der Waals surface area contributed by atoms with Crippen LogP contribution in [0.15, 0.2) is 12.4 Å². The lowest BCUT2D eigenvalue weighted by molar-refractivity contribution is -0.0678. The van der Waals surface area contributed by atoms with E-state index in [0.717, 1.165) is 49.9 Å². The van der Waals surface area contributed by atoms with Gasteiger partial charge in [0.2, 0.25) is 5.65 Å². The molecule has 24 heavy (non-hydrogen) atoms. The van der Waals surface area contributed by atoms with Crippen molar-refractivity contribution >= 4 is 11.5 Å². The molecule has 1 aliphatic heterocycles. The molecule has 0 radical (unpaired) electrons. The number of hydrogen-bond acceptors (Lipinski definition) is 6. The van der Waals surface area contributed by atoms with Crippen LogP contribution in [0.5, 0.6) is 0 Å². The van der Waals surface area contributed by atoms with Crippen LogP contribution in [-0.2, 0) is 4.74 Å². The minimum absolute atomic E-state index is 0.328. The molecular weight excluding hydrogens is 304 g/mol. The summed E-state index contributed by atoms with van der Waals surface area (Å²) in [7, 11) is 0. The van der Waals surface area contributed by atoms with E-state index in [1.54, 1.807) is 0 Å². The number of nitrogens with one attached hydrogen (secondary N) is 1. The van der Waals surface area contributed by atoms with E-state index in [2.05, 4.69) is 43.6 Å². The van der Waals surface area contributed by atoms with E-state index < -0.39 is 0 Å². The Hall–Kier alpha value is -1.73. The van der Waals surface area contributed by atoms with Gasteiger partial charge in [0, 0.05) is 44.5 Å². The van der Waals surface area contributed by atoms with E-state index in [0.29, 0.717) is 18.1 Å². The summed E-state index contributed by atoms with van der Waals surface area (Å²) in [4.78, 5) is 6.92. The first-order chi connectivity index (χ1) is 11.7. The van der Waals surface area contributed by atoms with E-state index in [1.807, 2.05) is 12.4 Å². The van der Waals surface area contributed by atoms with Gasteiger partial charge in [0.25, 0.3) is 0 Å². The Kier molecular flexibility index (Phi) is 4.37. The van der Waals surface area contributed by atoms with Crippen LogP contribution in [0.2, 0.25) is 0 Å². The molecule has 1 N–H and O–H groups in total. The molecule has 0 bridgehead atoms. The van der Waals surface area contributed by atoms with Gasteiger partial charge in [-0.2, -0.15) is 0 Å². The molecule has 0 spiro atoms. The van der Waals surface area contributed by atoms with Gasteiger partial charge in [-0.25, -0.2) is 4.98 Å². The van der Waals surface area contributed by atoms with Crippen molar-refractivity contribution in [2.45, 2.75) is 51.2 Å². The molecule has 2 unspecified atom stereocenters. The second kappa shape index (κ2) is 6.64. The molecule has 7 nitrogen and oxygen atoms in total. The predicted molar refractivity (Wildman–Crippen MR) is 92.3 cm³/mol. The van der Waals surface area contributed by atoms with E-state index in [-0.39, 0.29) is 0 Å². The molecule has 1 aliphatic carbocycles. The fraction of sp³-hybridized carbons (Fsp3) is 0.706. The first kappa shape index (κ1) is 15.8. The molecule has 4 rings (SSSR count). The molecule has 0 aromatic carbocycles. The zero-order valence-corrected chi connectivity index (χ0v) is 14.5. The molecule has 7 heteroatoms. The molecule has 2 aromatic heterocycles. The average Bonchev–Trinajstić information content (AvgIpc) is 3.30. The van der Waals surface area contributed by atoms with Gasteiger partial charge in [-0.3, -0.25) is 9.30 Å². The Balaban J connectivity index is 1.32. The Morgan fingerprint density at radius 1 is 1.21 bits per heavy atom. The normalized spacial score (nSPS) is 25.2. The van der Waals surface area contributed by atoms with E-state index in [4.69, 9.17) is 4.74 Å². The van der Waals surface area contributed by atoms with Crippen molar-refractivity contribution in [1.82, 2.24) is 24.5 Å². The van der Waals surface area contributed by atoms with Crippen LogP contribution in [0.4, 0.5) is 5.82 Å². The second-order valence-electron chi connectivity index (χ2n) is 7.10. The SMILES string of the molecule is CC1CN(CCCNc2nccn3c(C4CC4)nnc23)CC(C)O1. The number of anilines is 1. The van der Waals surface area contributed by atoms with Gasteiger partial charge in [0.05, 0.1) is 12.2 Å². The van der Waals surface area contributed by atoms with Crippen LogP contribution in [0.3, 0.4) is 0 Å². The molecule has 130 valence electrons. The molecule has 3 heterocycles. The number of nitrogens with zero attached hydrogens (tertiary/aromatic N) is 5. The van der Waals surface area contributed by atoms with Crippen molar-refractivity contribution in [2.24, 2.45) is 0 Å². The molecule has 2 aromatic rings. The minimum atomic E-state index is 0.328. The summed E-state index contributed by atoms with van der Waals surface area (Å²) in [6.07, 6.45) is 7.97. The summed E-state index contributed by atoms with van der Waals surface area (Å²) < 4.78 is 7.86.